The minimum atomic E-state index is -4.63. The molecule has 9 heteroatoms. The molecule has 1 aromatic carbocycles. The van der Waals surface area contributed by atoms with Gasteiger partial charge in [-0.3, -0.25) is 4.55 Å². The van der Waals surface area contributed by atoms with Gasteiger partial charge in [-0.15, -0.1) is 0 Å². The normalized spacial score (nSPS) is 12.5. The monoisotopic (exact) mass is 281 g/mol. The Bertz CT molecular complexity index is 592. The number of benzene rings is 1. The Kier molecular flexibility index (Phi) is 4.09. The molecular formula is C8H11NO6S2. The van der Waals surface area contributed by atoms with Crippen LogP contribution < -0.4 is 5.73 Å². The molecule has 0 atom stereocenters. The van der Waals surface area contributed by atoms with E-state index < -0.39 is 32.6 Å². The highest BCUT2D eigenvalue weighted by atomic mass is 32.3. The van der Waals surface area contributed by atoms with Gasteiger partial charge in [0.15, 0.2) is 9.84 Å². The SMILES string of the molecule is Nc1cccc(S(=O)(=O)CCOS(=O)(=O)O)c1. The van der Waals surface area contributed by atoms with Crippen molar-refractivity contribution in [3.63, 3.8) is 0 Å². The van der Waals surface area contributed by atoms with Gasteiger partial charge in [-0.1, -0.05) is 6.07 Å². The van der Waals surface area contributed by atoms with Crippen LogP contribution in [0.15, 0.2) is 29.2 Å². The number of nitrogen functional groups attached to an aromatic ring is 1. The van der Waals surface area contributed by atoms with Crippen LogP contribution in [0.5, 0.6) is 0 Å². The lowest BCUT2D eigenvalue weighted by Crippen LogP contribution is -2.15. The number of hydrogen-bond donors (Lipinski definition) is 2. The minimum Gasteiger partial charge on any atom is -0.399 e. The van der Waals surface area contributed by atoms with Gasteiger partial charge in [0.05, 0.1) is 17.3 Å². The molecule has 3 N–H and O–H groups in total. The van der Waals surface area contributed by atoms with Crippen LogP contribution in [0.1, 0.15) is 0 Å². The van der Waals surface area contributed by atoms with Crippen molar-refractivity contribution in [1.29, 1.82) is 0 Å². The first kappa shape index (κ1) is 13.9. The predicted molar refractivity (Wildman–Crippen MR) is 60.4 cm³/mol. The summed E-state index contributed by atoms with van der Waals surface area (Å²) in [5.74, 6) is -0.573. The molecule has 0 aromatic heterocycles. The van der Waals surface area contributed by atoms with Crippen molar-refractivity contribution in [3.8, 4) is 0 Å². The Morgan fingerprint density at radius 3 is 2.41 bits per heavy atom. The van der Waals surface area contributed by atoms with Crippen LogP contribution in [0, 0.1) is 0 Å². The number of anilines is 1. The van der Waals surface area contributed by atoms with Gasteiger partial charge in [0.25, 0.3) is 0 Å². The standard InChI is InChI=1S/C8H11NO6S2/c9-7-2-1-3-8(6-7)16(10,11)5-4-15-17(12,13)14/h1-3,6H,4-5,9H2,(H,12,13,14). The molecule has 0 radical (unpaired) electrons. The maximum atomic E-state index is 11.7. The summed E-state index contributed by atoms with van der Waals surface area (Å²) < 4.78 is 56.0. The van der Waals surface area contributed by atoms with E-state index in [0.29, 0.717) is 0 Å². The highest BCUT2D eigenvalue weighted by Gasteiger charge is 2.16. The van der Waals surface area contributed by atoms with Crippen molar-refractivity contribution in [2.75, 3.05) is 18.1 Å². The fraction of sp³-hybridized carbons (Fsp3) is 0.250. The zero-order valence-corrected chi connectivity index (χ0v) is 10.2. The van der Waals surface area contributed by atoms with Gasteiger partial charge in [-0.05, 0) is 18.2 Å². The van der Waals surface area contributed by atoms with Gasteiger partial charge in [-0.25, -0.2) is 12.6 Å². The number of sulfone groups is 1. The molecule has 7 nitrogen and oxygen atoms in total. The van der Waals surface area contributed by atoms with Gasteiger partial charge in [0, 0.05) is 5.69 Å². The molecule has 0 saturated heterocycles. The van der Waals surface area contributed by atoms with E-state index in [2.05, 4.69) is 4.18 Å². The zero-order valence-electron chi connectivity index (χ0n) is 8.61. The largest absolute Gasteiger partial charge is 0.399 e. The Morgan fingerprint density at radius 1 is 1.24 bits per heavy atom. The molecule has 96 valence electrons. The fourth-order valence-corrected chi connectivity index (χ4v) is 2.61. The van der Waals surface area contributed by atoms with Gasteiger partial charge < -0.3 is 5.73 Å². The lowest BCUT2D eigenvalue weighted by molar-refractivity contribution is 0.284. The molecular weight excluding hydrogens is 270 g/mol. The molecule has 0 aliphatic rings. The number of hydrogen-bond acceptors (Lipinski definition) is 6. The third-order valence-electron chi connectivity index (χ3n) is 1.80. The molecule has 1 aromatic rings. The lowest BCUT2D eigenvalue weighted by Gasteiger charge is -2.04. The van der Waals surface area contributed by atoms with Crippen LogP contribution in [0.4, 0.5) is 5.69 Å². The first-order chi connectivity index (χ1) is 7.71. The van der Waals surface area contributed by atoms with Crippen LogP contribution >= 0.6 is 0 Å². The summed E-state index contributed by atoms with van der Waals surface area (Å²) in [4.78, 5) is -0.0311. The van der Waals surface area contributed by atoms with Crippen molar-refractivity contribution in [2.24, 2.45) is 0 Å². The van der Waals surface area contributed by atoms with Crippen LogP contribution in [0.2, 0.25) is 0 Å². The Balaban J connectivity index is 2.77. The summed E-state index contributed by atoms with van der Waals surface area (Å²) in [7, 11) is -8.31. The zero-order chi connectivity index (χ0) is 13.1. The third-order valence-corrected chi connectivity index (χ3v) is 3.94. The van der Waals surface area contributed by atoms with Gasteiger partial charge in [0.2, 0.25) is 0 Å². The topological polar surface area (TPSA) is 124 Å². The summed E-state index contributed by atoms with van der Waals surface area (Å²) in [6, 6.07) is 5.57. The highest BCUT2D eigenvalue weighted by Crippen LogP contribution is 2.14. The van der Waals surface area contributed by atoms with Crippen molar-refractivity contribution in [2.45, 2.75) is 4.90 Å². The maximum absolute atomic E-state index is 11.7. The van der Waals surface area contributed by atoms with Crippen molar-refractivity contribution >= 4 is 25.9 Å². The van der Waals surface area contributed by atoms with Crippen LogP contribution in [-0.2, 0) is 24.4 Å². The van der Waals surface area contributed by atoms with Crippen LogP contribution in [0.25, 0.3) is 0 Å². The van der Waals surface area contributed by atoms with E-state index in [1.165, 1.54) is 24.3 Å². The minimum absolute atomic E-state index is 0.0311. The first-order valence-electron chi connectivity index (χ1n) is 4.41. The van der Waals surface area contributed by atoms with Crippen molar-refractivity contribution in [1.82, 2.24) is 0 Å². The molecule has 0 aliphatic heterocycles. The van der Waals surface area contributed by atoms with Crippen LogP contribution in [-0.4, -0.2) is 33.7 Å². The first-order valence-corrected chi connectivity index (χ1v) is 7.42. The number of rotatable bonds is 5. The summed E-state index contributed by atoms with van der Waals surface area (Å²) in [6.45, 7) is -0.657. The van der Waals surface area contributed by atoms with E-state index in [4.69, 9.17) is 10.3 Å². The molecule has 0 heterocycles. The van der Waals surface area contributed by atoms with E-state index in [1.807, 2.05) is 0 Å². The second-order valence-corrected chi connectivity index (χ2v) is 6.34. The average Bonchev–Trinajstić information content (AvgIpc) is 2.15. The van der Waals surface area contributed by atoms with E-state index in [0.717, 1.165) is 0 Å². The summed E-state index contributed by atoms with van der Waals surface area (Å²) in [5, 5.41) is 0. The van der Waals surface area contributed by atoms with E-state index in [1.54, 1.807) is 0 Å². The van der Waals surface area contributed by atoms with E-state index in [9.17, 15) is 16.8 Å². The maximum Gasteiger partial charge on any atom is 0.397 e. The van der Waals surface area contributed by atoms with E-state index in [-0.39, 0.29) is 10.6 Å². The Hall–Kier alpha value is -1.16. The molecule has 0 bridgehead atoms. The Labute approximate surface area is 99.1 Å². The summed E-state index contributed by atoms with van der Waals surface area (Å²) in [5.41, 5.74) is 5.70. The summed E-state index contributed by atoms with van der Waals surface area (Å²) >= 11 is 0. The Morgan fingerprint density at radius 2 is 1.88 bits per heavy atom. The van der Waals surface area contributed by atoms with Gasteiger partial charge >= 0.3 is 10.4 Å². The van der Waals surface area contributed by atoms with Crippen LogP contribution in [0.3, 0.4) is 0 Å². The fourth-order valence-electron chi connectivity index (χ4n) is 1.07. The second kappa shape index (κ2) is 5.00. The molecule has 0 saturated carbocycles. The highest BCUT2D eigenvalue weighted by molar-refractivity contribution is 7.91. The summed E-state index contributed by atoms with van der Waals surface area (Å²) in [6.07, 6.45) is 0. The quantitative estimate of drug-likeness (QED) is 0.568. The molecule has 17 heavy (non-hydrogen) atoms. The smallest absolute Gasteiger partial charge is 0.397 e. The molecule has 0 aliphatic carbocycles. The molecule has 0 fully saturated rings. The number of nitrogens with two attached hydrogens (primary N) is 1. The molecule has 0 spiro atoms. The van der Waals surface area contributed by atoms with Gasteiger partial charge in [0.1, 0.15) is 0 Å². The average molecular weight is 281 g/mol. The molecule has 0 unspecified atom stereocenters. The molecule has 1 rings (SSSR count). The van der Waals surface area contributed by atoms with Crippen molar-refractivity contribution < 1.29 is 25.6 Å². The lowest BCUT2D eigenvalue weighted by atomic mass is 10.3. The van der Waals surface area contributed by atoms with Crippen molar-refractivity contribution in [3.05, 3.63) is 24.3 Å². The molecule has 0 amide bonds. The van der Waals surface area contributed by atoms with E-state index >= 15 is 0 Å². The second-order valence-electron chi connectivity index (χ2n) is 3.14. The predicted octanol–water partition coefficient (Wildman–Crippen LogP) is -0.138. The third kappa shape index (κ3) is 4.69. The van der Waals surface area contributed by atoms with Gasteiger partial charge in [-0.2, -0.15) is 8.42 Å².